The van der Waals surface area contributed by atoms with Crippen molar-refractivity contribution >= 4 is 52.4 Å². The number of phenols is 1. The lowest BCUT2D eigenvalue weighted by molar-refractivity contribution is -0.143. The molecule has 7 atom stereocenters. The number of hydrogen-bond donors (Lipinski definition) is 9. The molecule has 0 radical (unpaired) electrons. The molecule has 3 aromatic rings. The Balaban J connectivity index is 1.74. The van der Waals surface area contributed by atoms with Crippen LogP contribution in [-0.2, 0) is 41.6 Å². The number of fused-ring (bicyclic) bond motifs is 1. The van der Waals surface area contributed by atoms with Gasteiger partial charge in [0.2, 0.25) is 29.5 Å². The highest BCUT2D eigenvalue weighted by molar-refractivity contribution is 5.97. The Labute approximate surface area is 362 Å². The van der Waals surface area contributed by atoms with Gasteiger partial charge in [-0.1, -0.05) is 78.3 Å². The molecule has 4 rings (SSSR count). The van der Waals surface area contributed by atoms with Crippen molar-refractivity contribution < 1.29 is 43.8 Å². The van der Waals surface area contributed by atoms with E-state index in [9.17, 15) is 43.8 Å². The number of aromatic hydroxyl groups is 1. The number of carbonyl (C=O) groups excluding carboxylic acids is 6. The normalized spacial score (nSPS) is 22.4. The summed E-state index contributed by atoms with van der Waals surface area (Å²) < 4.78 is 0. The van der Waals surface area contributed by atoms with Gasteiger partial charge < -0.3 is 52.0 Å². The Morgan fingerprint density at radius 3 is 2.19 bits per heavy atom. The largest absolute Gasteiger partial charge is 0.508 e. The van der Waals surface area contributed by atoms with Crippen LogP contribution in [0.1, 0.15) is 84.8 Å². The maximum Gasteiger partial charge on any atom is 0.326 e. The predicted molar refractivity (Wildman–Crippen MR) is 234 cm³/mol. The van der Waals surface area contributed by atoms with Crippen molar-refractivity contribution in [3.05, 3.63) is 65.9 Å². The molecule has 17 nitrogen and oxygen atoms in total. The molecular weight excluding hydrogens is 797 g/mol. The number of benzene rings is 2. The van der Waals surface area contributed by atoms with Crippen molar-refractivity contribution in [3.63, 3.8) is 0 Å². The van der Waals surface area contributed by atoms with Gasteiger partial charge in [-0.05, 0) is 72.8 Å². The molecule has 17 heteroatoms. The fourth-order valence-corrected chi connectivity index (χ4v) is 7.52. The molecule has 2 heterocycles. The molecule has 62 heavy (non-hydrogen) atoms. The van der Waals surface area contributed by atoms with Crippen molar-refractivity contribution in [2.45, 2.75) is 123 Å². The van der Waals surface area contributed by atoms with Crippen molar-refractivity contribution in [2.24, 2.45) is 17.8 Å². The van der Waals surface area contributed by atoms with Crippen LogP contribution in [0.15, 0.2) is 54.7 Å². The number of carboxylic acids is 1. The van der Waals surface area contributed by atoms with Gasteiger partial charge in [-0.15, -0.1) is 0 Å². The number of amides is 7. The van der Waals surface area contributed by atoms with Gasteiger partial charge in [0.25, 0.3) is 0 Å². The molecule has 1 fully saturated rings. The van der Waals surface area contributed by atoms with E-state index in [4.69, 9.17) is 0 Å². The Bertz CT molecular complexity index is 2040. The molecule has 0 bridgehead atoms. The molecule has 1 saturated heterocycles. The average Bonchev–Trinajstić information content (AvgIpc) is 3.62. The third kappa shape index (κ3) is 13.4. The fraction of sp³-hybridized carbons (Fsp3) is 0.533. The lowest BCUT2D eigenvalue weighted by Crippen LogP contribution is -2.61. The highest BCUT2D eigenvalue weighted by Gasteiger charge is 2.37. The fourth-order valence-electron chi connectivity index (χ4n) is 7.52. The summed E-state index contributed by atoms with van der Waals surface area (Å²) in [5, 5.41) is 37.2. The standard InChI is InChI=1S/C45H64N8O9/c1-8-27(6)38(44(60)61)52-45(62)50-33-16-12-13-19-46-39(55)34(21-28-14-10-9-11-15-28)48-41(57)36(22-29-24-47-32-18-17-30(54)23-31(29)32)53(7)43(59)35(20-25(2)3)49-42(58)37(26(4)5)51-40(33)56/h9-11,14-15,17-18,23-27,33-38,47,54H,8,12-13,16,19-22H2,1-7H3,(H,46,55)(H,48,57)(H,49,58)(H,51,56)(H,60,61)(H2,50,52,62)/t27?,33-,34-,35?,36?,37+,38?/m0/s1. The van der Waals surface area contributed by atoms with E-state index in [0.29, 0.717) is 35.7 Å². The van der Waals surface area contributed by atoms with Crippen molar-refractivity contribution in [1.29, 1.82) is 0 Å². The van der Waals surface area contributed by atoms with E-state index in [-0.39, 0.29) is 43.9 Å². The quantitative estimate of drug-likeness (QED) is 0.130. The van der Waals surface area contributed by atoms with Crippen LogP contribution in [0.2, 0.25) is 0 Å². The first-order valence-electron chi connectivity index (χ1n) is 21.5. The predicted octanol–water partition coefficient (Wildman–Crippen LogP) is 3.11. The van der Waals surface area contributed by atoms with Crippen LogP contribution >= 0.6 is 0 Å². The molecule has 1 aliphatic heterocycles. The third-order valence-corrected chi connectivity index (χ3v) is 11.4. The van der Waals surface area contributed by atoms with Crippen molar-refractivity contribution in [3.8, 4) is 5.75 Å². The number of phenolic OH excluding ortho intramolecular Hbond substituents is 1. The van der Waals surface area contributed by atoms with Gasteiger partial charge in [-0.25, -0.2) is 9.59 Å². The van der Waals surface area contributed by atoms with Crippen LogP contribution in [0.5, 0.6) is 5.75 Å². The first-order chi connectivity index (χ1) is 29.4. The number of rotatable bonds is 12. The van der Waals surface area contributed by atoms with E-state index in [2.05, 4.69) is 36.9 Å². The minimum atomic E-state index is -1.23. The minimum Gasteiger partial charge on any atom is -0.508 e. The molecule has 9 N–H and O–H groups in total. The van der Waals surface area contributed by atoms with Crippen LogP contribution in [-0.4, -0.2) is 111 Å². The summed E-state index contributed by atoms with van der Waals surface area (Å²) in [5.74, 6) is -5.25. The van der Waals surface area contributed by atoms with Gasteiger partial charge in [0, 0.05) is 43.5 Å². The van der Waals surface area contributed by atoms with Crippen LogP contribution in [0.25, 0.3) is 10.9 Å². The molecule has 338 valence electrons. The summed E-state index contributed by atoms with van der Waals surface area (Å²) in [6.07, 6.45) is 3.20. The summed E-state index contributed by atoms with van der Waals surface area (Å²) in [6.45, 7) is 10.8. The topological polar surface area (TPSA) is 251 Å². The maximum absolute atomic E-state index is 14.6. The maximum atomic E-state index is 14.6. The van der Waals surface area contributed by atoms with Crippen molar-refractivity contribution in [1.82, 2.24) is 41.8 Å². The second-order valence-corrected chi connectivity index (χ2v) is 17.0. The highest BCUT2D eigenvalue weighted by atomic mass is 16.4. The third-order valence-electron chi connectivity index (χ3n) is 11.4. The van der Waals surface area contributed by atoms with Gasteiger partial charge in [0.1, 0.15) is 42.0 Å². The zero-order valence-electron chi connectivity index (χ0n) is 36.7. The van der Waals surface area contributed by atoms with Gasteiger partial charge in [-0.2, -0.15) is 0 Å². The van der Waals surface area contributed by atoms with E-state index in [0.717, 1.165) is 5.56 Å². The Morgan fingerprint density at radius 2 is 1.55 bits per heavy atom. The molecule has 4 unspecified atom stereocenters. The summed E-state index contributed by atoms with van der Waals surface area (Å²) >= 11 is 0. The number of nitrogens with zero attached hydrogens (tertiary/aromatic N) is 1. The van der Waals surface area contributed by atoms with Gasteiger partial charge in [0.15, 0.2) is 0 Å². The van der Waals surface area contributed by atoms with Gasteiger partial charge in [0.05, 0.1) is 0 Å². The number of nitrogens with one attached hydrogen (secondary N) is 7. The van der Waals surface area contributed by atoms with Gasteiger partial charge in [-0.3, -0.25) is 24.0 Å². The molecule has 0 saturated carbocycles. The first kappa shape index (κ1) is 48.5. The number of carbonyl (C=O) groups is 7. The van der Waals surface area contributed by atoms with E-state index in [1.54, 1.807) is 46.0 Å². The minimum absolute atomic E-state index is 0.0117. The summed E-state index contributed by atoms with van der Waals surface area (Å²) in [7, 11) is 1.46. The second kappa shape index (κ2) is 22.6. The number of carboxylic acid groups (broad SMARTS) is 1. The lowest BCUT2D eigenvalue weighted by Gasteiger charge is -2.33. The van der Waals surface area contributed by atoms with E-state index in [1.807, 2.05) is 44.2 Å². The van der Waals surface area contributed by atoms with Crippen LogP contribution < -0.4 is 31.9 Å². The Morgan fingerprint density at radius 1 is 0.855 bits per heavy atom. The number of aromatic amines is 1. The van der Waals surface area contributed by atoms with Crippen LogP contribution in [0, 0.1) is 17.8 Å². The number of H-pyrrole nitrogens is 1. The Kier molecular flexibility index (Phi) is 17.7. The summed E-state index contributed by atoms with van der Waals surface area (Å²) in [4.78, 5) is 101. The van der Waals surface area contributed by atoms with Crippen LogP contribution in [0.3, 0.4) is 0 Å². The van der Waals surface area contributed by atoms with E-state index in [1.165, 1.54) is 18.0 Å². The van der Waals surface area contributed by atoms with Crippen molar-refractivity contribution in [2.75, 3.05) is 13.6 Å². The number of likely N-dealkylation sites (N-methyl/N-ethyl adjacent to an activating group) is 1. The van der Waals surface area contributed by atoms with E-state index < -0.39 is 89.6 Å². The first-order valence-corrected chi connectivity index (χ1v) is 21.5. The monoisotopic (exact) mass is 860 g/mol. The molecule has 2 aromatic carbocycles. The Hall–Kier alpha value is -6.13. The number of aromatic nitrogens is 1. The molecular formula is C45H64N8O9. The SMILES string of the molecule is CCC(C)C(NC(=O)N[C@H]1CCCCNC(=O)[C@H](Cc2ccccc2)NC(=O)C(Cc2c[nH]c3ccc(O)cc23)N(C)C(=O)C(CC(C)C)NC(=O)[C@@H](C(C)C)NC1=O)C(=O)O. The molecule has 7 amide bonds. The zero-order chi connectivity index (χ0) is 45.7. The summed E-state index contributed by atoms with van der Waals surface area (Å²) in [5.41, 5.74) is 2.10. The molecule has 0 spiro atoms. The van der Waals surface area contributed by atoms with E-state index >= 15 is 0 Å². The lowest BCUT2D eigenvalue weighted by atomic mass is 9.97. The zero-order valence-corrected chi connectivity index (χ0v) is 36.7. The number of aliphatic carboxylic acids is 1. The average molecular weight is 861 g/mol. The smallest absolute Gasteiger partial charge is 0.326 e. The number of hydrogen-bond acceptors (Lipinski definition) is 8. The molecule has 1 aromatic heterocycles. The second-order valence-electron chi connectivity index (χ2n) is 17.0. The molecule has 0 aliphatic carbocycles. The highest BCUT2D eigenvalue weighted by Crippen LogP contribution is 2.25. The van der Waals surface area contributed by atoms with Gasteiger partial charge >= 0.3 is 12.0 Å². The number of urea groups is 1. The summed E-state index contributed by atoms with van der Waals surface area (Å²) in [6, 6.07) is 6.06. The van der Waals surface area contributed by atoms with Crippen LogP contribution in [0.4, 0.5) is 4.79 Å². The molecule has 1 aliphatic rings.